The summed E-state index contributed by atoms with van der Waals surface area (Å²) in [5.74, 6) is 2.29. The summed E-state index contributed by atoms with van der Waals surface area (Å²) >= 11 is 0. The summed E-state index contributed by atoms with van der Waals surface area (Å²) < 4.78 is 11.2. The van der Waals surface area contributed by atoms with Crippen LogP contribution in [0.2, 0.25) is 0 Å². The lowest BCUT2D eigenvalue weighted by atomic mass is 9.98. The molecule has 0 unspecified atom stereocenters. The van der Waals surface area contributed by atoms with E-state index in [0.29, 0.717) is 17.5 Å². The van der Waals surface area contributed by atoms with Crippen molar-refractivity contribution in [1.29, 1.82) is 0 Å². The Morgan fingerprint density at radius 3 is 2.85 bits per heavy atom. The molecule has 3 heterocycles. The molecule has 1 aliphatic heterocycles. The van der Waals surface area contributed by atoms with Crippen molar-refractivity contribution in [2.45, 2.75) is 18.8 Å². The third-order valence-corrected chi connectivity index (χ3v) is 3.78. The molecule has 0 radical (unpaired) electrons. The SMILES string of the molecule is c1ccc2oc(-c3noc(C4CCNCC4)n3)cc2c1. The van der Waals surface area contributed by atoms with Crippen molar-refractivity contribution >= 4 is 11.0 Å². The normalized spacial score (nSPS) is 16.8. The molecule has 5 heteroatoms. The van der Waals surface area contributed by atoms with Crippen LogP contribution in [0.4, 0.5) is 0 Å². The van der Waals surface area contributed by atoms with E-state index in [1.165, 1.54) is 0 Å². The first-order valence-electron chi connectivity index (χ1n) is 6.93. The van der Waals surface area contributed by atoms with Crippen LogP contribution in [0.3, 0.4) is 0 Å². The molecule has 2 aromatic heterocycles. The van der Waals surface area contributed by atoms with Gasteiger partial charge in [0.1, 0.15) is 5.58 Å². The Balaban J connectivity index is 1.66. The number of piperidine rings is 1. The number of nitrogens with one attached hydrogen (secondary N) is 1. The van der Waals surface area contributed by atoms with E-state index in [1.54, 1.807) is 0 Å². The number of fused-ring (bicyclic) bond motifs is 1. The lowest BCUT2D eigenvalue weighted by Crippen LogP contribution is -2.26. The van der Waals surface area contributed by atoms with Gasteiger partial charge in [-0.15, -0.1) is 0 Å². The topological polar surface area (TPSA) is 64.1 Å². The molecule has 0 atom stereocenters. The summed E-state index contributed by atoms with van der Waals surface area (Å²) in [6.45, 7) is 2.01. The predicted octanol–water partition coefficient (Wildman–Crippen LogP) is 2.95. The molecule has 1 saturated heterocycles. The first-order valence-corrected chi connectivity index (χ1v) is 6.93. The fourth-order valence-electron chi connectivity index (χ4n) is 2.66. The van der Waals surface area contributed by atoms with Crippen LogP contribution in [0.25, 0.3) is 22.6 Å². The van der Waals surface area contributed by atoms with Crippen LogP contribution < -0.4 is 5.32 Å². The van der Waals surface area contributed by atoms with Crippen molar-refractivity contribution in [3.05, 3.63) is 36.2 Å². The van der Waals surface area contributed by atoms with Gasteiger partial charge in [0, 0.05) is 11.3 Å². The Morgan fingerprint density at radius 1 is 1.15 bits per heavy atom. The molecule has 0 amide bonds. The van der Waals surface area contributed by atoms with Gasteiger partial charge >= 0.3 is 0 Å². The summed E-state index contributed by atoms with van der Waals surface area (Å²) in [6, 6.07) is 9.83. The van der Waals surface area contributed by atoms with Gasteiger partial charge in [0.05, 0.1) is 0 Å². The second-order valence-electron chi connectivity index (χ2n) is 5.13. The Kier molecular flexibility index (Phi) is 2.77. The highest BCUT2D eigenvalue weighted by atomic mass is 16.5. The maximum atomic E-state index is 5.76. The van der Waals surface area contributed by atoms with Crippen molar-refractivity contribution in [3.63, 3.8) is 0 Å². The van der Waals surface area contributed by atoms with Crippen LogP contribution in [-0.4, -0.2) is 23.2 Å². The quantitative estimate of drug-likeness (QED) is 0.775. The molecule has 1 aromatic carbocycles. The van der Waals surface area contributed by atoms with Crippen LogP contribution in [-0.2, 0) is 0 Å². The van der Waals surface area contributed by atoms with E-state index in [9.17, 15) is 0 Å². The molecule has 0 aliphatic carbocycles. The summed E-state index contributed by atoms with van der Waals surface area (Å²) in [5.41, 5.74) is 0.843. The van der Waals surface area contributed by atoms with Gasteiger partial charge in [0.25, 0.3) is 0 Å². The lowest BCUT2D eigenvalue weighted by molar-refractivity contribution is 0.320. The van der Waals surface area contributed by atoms with Crippen LogP contribution in [0, 0.1) is 0 Å². The highest BCUT2D eigenvalue weighted by Crippen LogP contribution is 2.29. The second kappa shape index (κ2) is 4.76. The molecule has 0 saturated carbocycles. The molecule has 1 aliphatic rings. The predicted molar refractivity (Wildman–Crippen MR) is 74.4 cm³/mol. The van der Waals surface area contributed by atoms with Gasteiger partial charge in [0.2, 0.25) is 11.7 Å². The minimum Gasteiger partial charge on any atom is -0.453 e. The maximum Gasteiger partial charge on any atom is 0.238 e. The molecule has 0 spiro atoms. The average molecular weight is 269 g/mol. The number of benzene rings is 1. The molecule has 4 rings (SSSR count). The number of para-hydroxylation sites is 1. The standard InChI is InChI=1S/C15H15N3O2/c1-2-4-12-11(3-1)9-13(19-12)14-17-15(20-18-14)10-5-7-16-8-6-10/h1-4,9-10,16H,5-8H2. The van der Waals surface area contributed by atoms with Gasteiger partial charge in [0.15, 0.2) is 5.76 Å². The van der Waals surface area contributed by atoms with Crippen LogP contribution in [0.5, 0.6) is 0 Å². The molecule has 102 valence electrons. The smallest absolute Gasteiger partial charge is 0.238 e. The molecule has 3 aromatic rings. The molecule has 5 nitrogen and oxygen atoms in total. The zero-order valence-electron chi connectivity index (χ0n) is 11.0. The Hall–Kier alpha value is -2.14. The molecule has 1 N–H and O–H groups in total. The van der Waals surface area contributed by atoms with E-state index in [4.69, 9.17) is 8.94 Å². The monoisotopic (exact) mass is 269 g/mol. The molecule has 0 bridgehead atoms. The van der Waals surface area contributed by atoms with Crippen molar-refractivity contribution in [2.24, 2.45) is 0 Å². The van der Waals surface area contributed by atoms with E-state index in [2.05, 4.69) is 15.5 Å². The first-order chi connectivity index (χ1) is 9.90. The van der Waals surface area contributed by atoms with E-state index in [1.807, 2.05) is 30.3 Å². The summed E-state index contributed by atoms with van der Waals surface area (Å²) in [7, 11) is 0. The minimum atomic E-state index is 0.363. The summed E-state index contributed by atoms with van der Waals surface area (Å²) in [6.07, 6.45) is 2.09. The van der Waals surface area contributed by atoms with Crippen molar-refractivity contribution < 1.29 is 8.94 Å². The van der Waals surface area contributed by atoms with Gasteiger partial charge in [-0.25, -0.2) is 0 Å². The first kappa shape index (κ1) is 11.7. The number of hydrogen-bond donors (Lipinski definition) is 1. The highest BCUT2D eigenvalue weighted by Gasteiger charge is 2.22. The number of rotatable bonds is 2. The Bertz CT molecular complexity index is 692. The van der Waals surface area contributed by atoms with Crippen LogP contribution in [0.1, 0.15) is 24.7 Å². The summed E-state index contributed by atoms with van der Waals surface area (Å²) in [4.78, 5) is 4.50. The Labute approximate surface area is 116 Å². The van der Waals surface area contributed by atoms with Gasteiger partial charge in [-0.3, -0.25) is 0 Å². The van der Waals surface area contributed by atoms with Gasteiger partial charge in [-0.05, 0) is 38.1 Å². The molecular weight excluding hydrogens is 254 g/mol. The maximum absolute atomic E-state index is 5.76. The highest BCUT2D eigenvalue weighted by molar-refractivity contribution is 5.81. The molecular formula is C15H15N3O2. The van der Waals surface area contributed by atoms with Gasteiger partial charge in [-0.1, -0.05) is 23.4 Å². The average Bonchev–Trinajstić information content (AvgIpc) is 3.14. The zero-order valence-corrected chi connectivity index (χ0v) is 11.0. The van der Waals surface area contributed by atoms with Crippen LogP contribution in [0.15, 0.2) is 39.3 Å². The fraction of sp³-hybridized carbons (Fsp3) is 0.333. The number of hydrogen-bond acceptors (Lipinski definition) is 5. The lowest BCUT2D eigenvalue weighted by Gasteiger charge is -2.18. The van der Waals surface area contributed by atoms with Crippen molar-refractivity contribution in [3.8, 4) is 11.6 Å². The third-order valence-electron chi connectivity index (χ3n) is 3.78. The minimum absolute atomic E-state index is 0.363. The third kappa shape index (κ3) is 2.00. The zero-order chi connectivity index (χ0) is 13.4. The molecule has 20 heavy (non-hydrogen) atoms. The van der Waals surface area contributed by atoms with E-state index in [0.717, 1.165) is 42.8 Å². The van der Waals surface area contributed by atoms with Crippen LogP contribution >= 0.6 is 0 Å². The van der Waals surface area contributed by atoms with E-state index >= 15 is 0 Å². The number of nitrogens with zero attached hydrogens (tertiary/aromatic N) is 2. The van der Waals surface area contributed by atoms with Crippen molar-refractivity contribution in [2.75, 3.05) is 13.1 Å². The fourth-order valence-corrected chi connectivity index (χ4v) is 2.66. The van der Waals surface area contributed by atoms with Gasteiger partial charge < -0.3 is 14.3 Å². The summed E-state index contributed by atoms with van der Waals surface area (Å²) in [5, 5.41) is 8.44. The molecule has 1 fully saturated rings. The largest absolute Gasteiger partial charge is 0.453 e. The van der Waals surface area contributed by atoms with Gasteiger partial charge in [-0.2, -0.15) is 4.98 Å². The van der Waals surface area contributed by atoms with E-state index in [-0.39, 0.29) is 0 Å². The van der Waals surface area contributed by atoms with E-state index < -0.39 is 0 Å². The second-order valence-corrected chi connectivity index (χ2v) is 5.13. The van der Waals surface area contributed by atoms with Crippen molar-refractivity contribution in [1.82, 2.24) is 15.5 Å². The number of furan rings is 1. The Morgan fingerprint density at radius 2 is 2.00 bits per heavy atom. The number of aromatic nitrogens is 2.